The molecule has 0 amide bonds. The molecule has 0 heterocycles. The average Bonchev–Trinajstić information content (AvgIpc) is 2.41. The number of ether oxygens (including phenoxy) is 1. The van der Waals surface area contributed by atoms with Gasteiger partial charge in [0.05, 0.1) is 6.61 Å². The van der Waals surface area contributed by atoms with Gasteiger partial charge in [-0.3, -0.25) is 4.79 Å². The minimum absolute atomic E-state index is 0.0785. The van der Waals surface area contributed by atoms with E-state index < -0.39 is 39.1 Å². The topological polar surface area (TPSA) is 63.7 Å². The summed E-state index contributed by atoms with van der Waals surface area (Å²) >= 11 is 0. The van der Waals surface area contributed by atoms with Crippen LogP contribution in [0.15, 0.2) is 35.7 Å². The fourth-order valence-corrected chi connectivity index (χ4v) is 2.99. The Balaban J connectivity index is 3.18. The summed E-state index contributed by atoms with van der Waals surface area (Å²) in [7, 11) is -4.38. The number of hydrogen-bond acceptors (Lipinski definition) is 4. The summed E-state index contributed by atoms with van der Waals surface area (Å²) in [5, 5.41) is 0. The standard InChI is InChI=1S/C13H15F2NO4S/c1-3-7-16(9-13(17)20-4-2)21(18,19)12-8-10(14)5-6-11(12)15/h3,5-6,8H,1,4,7,9H2,2H3. The third-order valence-corrected chi connectivity index (χ3v) is 4.28. The molecule has 0 aliphatic heterocycles. The Hall–Kier alpha value is -1.80. The molecule has 0 spiro atoms. The molecule has 0 aromatic heterocycles. The highest BCUT2D eigenvalue weighted by Gasteiger charge is 2.29. The van der Waals surface area contributed by atoms with Crippen LogP contribution in [0, 0.1) is 11.6 Å². The summed E-state index contributed by atoms with van der Waals surface area (Å²) in [5.41, 5.74) is 0. The predicted octanol–water partition coefficient (Wildman–Crippen LogP) is 1.70. The van der Waals surface area contributed by atoms with E-state index in [4.69, 9.17) is 0 Å². The van der Waals surface area contributed by atoms with E-state index >= 15 is 0 Å². The lowest BCUT2D eigenvalue weighted by Gasteiger charge is -2.20. The SMILES string of the molecule is C=CCN(CC(=O)OCC)S(=O)(=O)c1cc(F)ccc1F. The Morgan fingerprint density at radius 2 is 2.10 bits per heavy atom. The number of rotatable bonds is 7. The molecular formula is C13H15F2NO4S. The van der Waals surface area contributed by atoms with Gasteiger partial charge in [0, 0.05) is 6.54 Å². The van der Waals surface area contributed by atoms with Gasteiger partial charge in [0.2, 0.25) is 10.0 Å². The fourth-order valence-electron chi connectivity index (χ4n) is 1.56. The molecule has 0 radical (unpaired) electrons. The molecule has 0 N–H and O–H groups in total. The monoisotopic (exact) mass is 319 g/mol. The molecule has 0 aliphatic rings. The van der Waals surface area contributed by atoms with Crippen molar-refractivity contribution in [3.05, 3.63) is 42.5 Å². The normalized spacial score (nSPS) is 11.4. The average molecular weight is 319 g/mol. The van der Waals surface area contributed by atoms with Gasteiger partial charge in [0.1, 0.15) is 23.1 Å². The van der Waals surface area contributed by atoms with E-state index in [-0.39, 0.29) is 13.2 Å². The van der Waals surface area contributed by atoms with E-state index in [0.717, 1.165) is 6.07 Å². The molecule has 0 aliphatic carbocycles. The van der Waals surface area contributed by atoms with Gasteiger partial charge in [-0.25, -0.2) is 17.2 Å². The zero-order chi connectivity index (χ0) is 16.0. The van der Waals surface area contributed by atoms with Crippen LogP contribution in [0.25, 0.3) is 0 Å². The van der Waals surface area contributed by atoms with Gasteiger partial charge < -0.3 is 4.74 Å². The van der Waals surface area contributed by atoms with Crippen LogP contribution in [0.5, 0.6) is 0 Å². The van der Waals surface area contributed by atoms with Crippen LogP contribution in [-0.4, -0.2) is 38.4 Å². The minimum atomic E-state index is -4.38. The van der Waals surface area contributed by atoms with Crippen LogP contribution in [0.1, 0.15) is 6.92 Å². The molecule has 0 saturated carbocycles. The third kappa shape index (κ3) is 4.33. The number of sulfonamides is 1. The second kappa shape index (κ2) is 7.28. The molecule has 0 saturated heterocycles. The maximum absolute atomic E-state index is 13.6. The lowest BCUT2D eigenvalue weighted by molar-refractivity contribution is -0.143. The van der Waals surface area contributed by atoms with Crippen molar-refractivity contribution >= 4 is 16.0 Å². The number of esters is 1. The number of nitrogens with zero attached hydrogens (tertiary/aromatic N) is 1. The Kier molecular flexibility index (Phi) is 5.98. The molecule has 1 aromatic carbocycles. The molecule has 21 heavy (non-hydrogen) atoms. The first kappa shape index (κ1) is 17.3. The molecule has 0 bridgehead atoms. The Bertz CT molecular complexity index is 631. The Labute approximate surface area is 121 Å². The van der Waals surface area contributed by atoms with Gasteiger partial charge in [-0.2, -0.15) is 4.31 Å². The molecule has 8 heteroatoms. The smallest absolute Gasteiger partial charge is 0.321 e. The van der Waals surface area contributed by atoms with Crippen molar-refractivity contribution in [3.63, 3.8) is 0 Å². The number of hydrogen-bond donors (Lipinski definition) is 0. The molecule has 1 aromatic rings. The molecule has 0 atom stereocenters. The minimum Gasteiger partial charge on any atom is -0.465 e. The largest absolute Gasteiger partial charge is 0.465 e. The first-order chi connectivity index (χ1) is 9.82. The summed E-state index contributed by atoms with van der Waals surface area (Å²) in [5.74, 6) is -2.79. The lowest BCUT2D eigenvalue weighted by Crippen LogP contribution is -2.37. The summed E-state index contributed by atoms with van der Waals surface area (Å²) in [6, 6.07) is 2.07. The van der Waals surface area contributed by atoms with Crippen molar-refractivity contribution < 1.29 is 26.7 Å². The second-order valence-corrected chi connectivity index (χ2v) is 5.87. The number of benzene rings is 1. The number of carbonyl (C=O) groups excluding carboxylic acids is 1. The number of halogens is 2. The van der Waals surface area contributed by atoms with Crippen molar-refractivity contribution in [2.24, 2.45) is 0 Å². The van der Waals surface area contributed by atoms with Gasteiger partial charge in [0.15, 0.2) is 0 Å². The summed E-state index contributed by atoms with van der Waals surface area (Å²) in [4.78, 5) is 10.6. The highest BCUT2D eigenvalue weighted by molar-refractivity contribution is 7.89. The van der Waals surface area contributed by atoms with Gasteiger partial charge >= 0.3 is 5.97 Å². The highest BCUT2D eigenvalue weighted by atomic mass is 32.2. The van der Waals surface area contributed by atoms with E-state index in [1.165, 1.54) is 6.08 Å². The van der Waals surface area contributed by atoms with Crippen molar-refractivity contribution in [2.75, 3.05) is 19.7 Å². The zero-order valence-electron chi connectivity index (χ0n) is 11.4. The molecule has 0 unspecified atom stereocenters. The molecule has 5 nitrogen and oxygen atoms in total. The number of carbonyl (C=O) groups is 1. The van der Waals surface area contributed by atoms with Crippen molar-refractivity contribution in [1.29, 1.82) is 0 Å². The first-order valence-electron chi connectivity index (χ1n) is 6.04. The summed E-state index contributed by atoms with van der Waals surface area (Å²) in [6.45, 7) is 4.17. The maximum Gasteiger partial charge on any atom is 0.321 e. The Morgan fingerprint density at radius 3 is 2.67 bits per heavy atom. The van der Waals surface area contributed by atoms with Crippen LogP contribution in [-0.2, 0) is 19.6 Å². The van der Waals surface area contributed by atoms with E-state index in [1.807, 2.05) is 0 Å². The second-order valence-electron chi connectivity index (χ2n) is 3.97. The highest BCUT2D eigenvalue weighted by Crippen LogP contribution is 2.20. The molecule has 1 rings (SSSR count). The van der Waals surface area contributed by atoms with Crippen LogP contribution in [0.3, 0.4) is 0 Å². The summed E-state index contributed by atoms with van der Waals surface area (Å²) < 4.78 is 56.7. The van der Waals surface area contributed by atoms with Gasteiger partial charge in [0.25, 0.3) is 0 Å². The quantitative estimate of drug-likeness (QED) is 0.567. The third-order valence-electron chi connectivity index (χ3n) is 2.45. The van der Waals surface area contributed by atoms with E-state index in [9.17, 15) is 22.0 Å². The van der Waals surface area contributed by atoms with Gasteiger partial charge in [-0.15, -0.1) is 6.58 Å². The zero-order valence-corrected chi connectivity index (χ0v) is 12.2. The van der Waals surface area contributed by atoms with Crippen LogP contribution in [0.4, 0.5) is 8.78 Å². The van der Waals surface area contributed by atoms with Crippen molar-refractivity contribution in [1.82, 2.24) is 4.31 Å². The van der Waals surface area contributed by atoms with E-state index in [0.29, 0.717) is 16.4 Å². The fraction of sp³-hybridized carbons (Fsp3) is 0.308. The van der Waals surface area contributed by atoms with Crippen molar-refractivity contribution in [2.45, 2.75) is 11.8 Å². The van der Waals surface area contributed by atoms with Crippen molar-refractivity contribution in [3.8, 4) is 0 Å². The first-order valence-corrected chi connectivity index (χ1v) is 7.48. The molecule has 116 valence electrons. The van der Waals surface area contributed by atoms with Gasteiger partial charge in [-0.05, 0) is 25.1 Å². The predicted molar refractivity (Wildman–Crippen MR) is 71.9 cm³/mol. The van der Waals surface area contributed by atoms with E-state index in [1.54, 1.807) is 6.92 Å². The molecular weight excluding hydrogens is 304 g/mol. The summed E-state index contributed by atoms with van der Waals surface area (Å²) in [6.07, 6.45) is 1.23. The Morgan fingerprint density at radius 1 is 1.43 bits per heavy atom. The van der Waals surface area contributed by atoms with Crippen LogP contribution >= 0.6 is 0 Å². The molecule has 0 fully saturated rings. The van der Waals surface area contributed by atoms with Crippen LogP contribution < -0.4 is 0 Å². The lowest BCUT2D eigenvalue weighted by atomic mass is 10.3. The maximum atomic E-state index is 13.6. The van der Waals surface area contributed by atoms with Gasteiger partial charge in [-0.1, -0.05) is 6.08 Å². The van der Waals surface area contributed by atoms with Crippen LogP contribution in [0.2, 0.25) is 0 Å². The van der Waals surface area contributed by atoms with E-state index in [2.05, 4.69) is 11.3 Å².